The molecule has 0 saturated heterocycles. The summed E-state index contributed by atoms with van der Waals surface area (Å²) >= 11 is 2.72. The largest absolute Gasteiger partial charge is 0.486 e. The highest BCUT2D eigenvalue weighted by Crippen LogP contribution is 2.34. The Morgan fingerprint density at radius 2 is 0.979 bits per heavy atom. The van der Waals surface area contributed by atoms with Crippen LogP contribution in [-0.4, -0.2) is 38.5 Å². The fraction of sp³-hybridized carbons (Fsp3) is 0.312. The van der Waals surface area contributed by atoms with E-state index in [2.05, 4.69) is 10.6 Å². The van der Waals surface area contributed by atoms with Gasteiger partial charge in [0, 0.05) is 24.0 Å². The molecule has 0 amide bonds. The molecule has 48 heavy (non-hydrogen) atoms. The zero-order valence-corrected chi connectivity index (χ0v) is 27.0. The van der Waals surface area contributed by atoms with E-state index in [1.807, 2.05) is 0 Å². The summed E-state index contributed by atoms with van der Waals surface area (Å²) < 4.78 is 101. The van der Waals surface area contributed by atoms with Crippen LogP contribution in [0.25, 0.3) is 0 Å². The Morgan fingerprint density at radius 3 is 1.25 bits per heavy atom. The van der Waals surface area contributed by atoms with Crippen LogP contribution in [0, 0.1) is 0 Å². The third-order valence-corrected chi connectivity index (χ3v) is 8.32. The van der Waals surface area contributed by atoms with Crippen LogP contribution >= 0.6 is 22.7 Å². The van der Waals surface area contributed by atoms with E-state index in [9.17, 15) is 35.9 Å². The lowest BCUT2D eigenvalue weighted by Gasteiger charge is -2.25. The first-order chi connectivity index (χ1) is 22.8. The SMILES string of the molecule is CNC(CC(Oc1ccc(C(F)(F)F)cc1)c1ccsc1)OC(=O)C(=O)OC(CC(Oc1ccc(C(F)(F)F)cc1)c1ccsc1)NC. The Kier molecular flexibility index (Phi) is 12.5. The highest BCUT2D eigenvalue weighted by atomic mass is 32.1. The molecule has 2 aromatic carbocycles. The van der Waals surface area contributed by atoms with Crippen molar-refractivity contribution in [3.05, 3.63) is 104 Å². The van der Waals surface area contributed by atoms with Crippen LogP contribution < -0.4 is 20.1 Å². The molecule has 0 aliphatic rings. The van der Waals surface area contributed by atoms with Crippen molar-refractivity contribution in [1.29, 1.82) is 0 Å². The molecular formula is C32H30F6N2O6S2. The second kappa shape index (κ2) is 16.3. The molecule has 0 saturated carbocycles. The fourth-order valence-corrected chi connectivity index (χ4v) is 5.79. The summed E-state index contributed by atoms with van der Waals surface area (Å²) in [4.78, 5) is 25.6. The summed E-state index contributed by atoms with van der Waals surface area (Å²) in [6.45, 7) is 0. The first-order valence-corrected chi connectivity index (χ1v) is 16.1. The van der Waals surface area contributed by atoms with Gasteiger partial charge in [-0.1, -0.05) is 0 Å². The first kappa shape index (κ1) is 36.7. The van der Waals surface area contributed by atoms with Crippen molar-refractivity contribution < 1.29 is 54.9 Å². The maximum Gasteiger partial charge on any atom is 0.419 e. The van der Waals surface area contributed by atoms with Crippen LogP contribution in [0.1, 0.15) is 47.3 Å². The standard InChI is InChI=1S/C32H30F6N2O6S2/c1-39-27(15-25(19-11-13-47-17-19)43-23-7-3-21(4-8-23)31(33,34)35)45-29(41)30(42)46-28(40-2)16-26(20-12-14-48-18-20)44-24-9-5-22(6-10-24)32(36,37)38/h3-14,17-18,25-28,39-40H,15-16H2,1-2H3. The predicted molar refractivity (Wildman–Crippen MR) is 165 cm³/mol. The van der Waals surface area contributed by atoms with Crippen molar-refractivity contribution in [3.63, 3.8) is 0 Å². The summed E-state index contributed by atoms with van der Waals surface area (Å²) in [5, 5.41) is 12.6. The number of ether oxygens (including phenoxy) is 4. The van der Waals surface area contributed by atoms with Crippen molar-refractivity contribution >= 4 is 34.6 Å². The highest BCUT2D eigenvalue weighted by molar-refractivity contribution is 7.08. The highest BCUT2D eigenvalue weighted by Gasteiger charge is 2.32. The van der Waals surface area contributed by atoms with Gasteiger partial charge in [0.2, 0.25) is 0 Å². The summed E-state index contributed by atoms with van der Waals surface area (Å²) in [5.74, 6) is -2.36. The second-order valence-corrected chi connectivity index (χ2v) is 11.8. The Balaban J connectivity index is 1.39. The van der Waals surface area contributed by atoms with E-state index in [-0.39, 0.29) is 24.3 Å². The third-order valence-electron chi connectivity index (χ3n) is 6.92. The number of hydrogen-bond acceptors (Lipinski definition) is 10. The van der Waals surface area contributed by atoms with Gasteiger partial charge in [-0.3, -0.25) is 10.6 Å². The summed E-state index contributed by atoms with van der Waals surface area (Å²) in [6.07, 6.45) is -12.8. The number of carbonyl (C=O) groups is 2. The molecule has 4 atom stereocenters. The average Bonchev–Trinajstić information content (AvgIpc) is 3.78. The summed E-state index contributed by atoms with van der Waals surface area (Å²) in [5.41, 5.74) is -0.339. The molecular weight excluding hydrogens is 686 g/mol. The number of rotatable bonds is 14. The van der Waals surface area contributed by atoms with Gasteiger partial charge in [-0.05, 0) is 96.3 Å². The van der Waals surface area contributed by atoms with Gasteiger partial charge in [0.1, 0.15) is 23.7 Å². The molecule has 0 radical (unpaired) electrons. The molecule has 8 nitrogen and oxygen atoms in total. The zero-order valence-electron chi connectivity index (χ0n) is 25.3. The van der Waals surface area contributed by atoms with Crippen LogP contribution in [0.3, 0.4) is 0 Å². The van der Waals surface area contributed by atoms with Crippen molar-refractivity contribution in [2.75, 3.05) is 14.1 Å². The second-order valence-electron chi connectivity index (χ2n) is 10.2. The Hall–Kier alpha value is -4.12. The third kappa shape index (κ3) is 10.4. The van der Waals surface area contributed by atoms with Gasteiger partial charge < -0.3 is 18.9 Å². The summed E-state index contributed by atoms with van der Waals surface area (Å²) in [7, 11) is 2.96. The molecule has 258 valence electrons. The lowest BCUT2D eigenvalue weighted by molar-refractivity contribution is -0.177. The smallest absolute Gasteiger partial charge is 0.419 e. The predicted octanol–water partition coefficient (Wildman–Crippen LogP) is 7.75. The van der Waals surface area contributed by atoms with Gasteiger partial charge in [-0.15, -0.1) is 0 Å². The van der Waals surface area contributed by atoms with Crippen molar-refractivity contribution in [2.45, 2.75) is 49.9 Å². The van der Waals surface area contributed by atoms with E-state index in [0.29, 0.717) is 11.1 Å². The van der Waals surface area contributed by atoms with Gasteiger partial charge in [0.25, 0.3) is 0 Å². The van der Waals surface area contributed by atoms with Gasteiger partial charge in [-0.25, -0.2) is 9.59 Å². The normalized spacial score (nSPS) is 14.4. The molecule has 2 heterocycles. The summed E-state index contributed by atoms with van der Waals surface area (Å²) in [6, 6.07) is 11.8. The maximum absolute atomic E-state index is 13.0. The Bertz CT molecular complexity index is 1460. The number of alkyl halides is 6. The quantitative estimate of drug-likeness (QED) is 0.0593. The minimum Gasteiger partial charge on any atom is -0.486 e. The van der Waals surface area contributed by atoms with Crippen molar-refractivity contribution in [2.24, 2.45) is 0 Å². The Labute approximate surface area is 279 Å². The molecule has 4 aromatic rings. The number of carbonyl (C=O) groups excluding carboxylic acids is 2. The first-order valence-electron chi connectivity index (χ1n) is 14.2. The number of hydrogen-bond donors (Lipinski definition) is 2. The molecule has 16 heteroatoms. The van der Waals surface area contributed by atoms with E-state index in [1.54, 1.807) is 33.7 Å². The van der Waals surface area contributed by atoms with Crippen LogP contribution in [0.5, 0.6) is 11.5 Å². The molecule has 0 aliphatic heterocycles. The zero-order chi connectivity index (χ0) is 34.9. The molecule has 0 spiro atoms. The van der Waals surface area contributed by atoms with E-state index in [4.69, 9.17) is 18.9 Å². The van der Waals surface area contributed by atoms with Gasteiger partial charge in [-0.2, -0.15) is 49.0 Å². The van der Waals surface area contributed by atoms with Gasteiger partial charge >= 0.3 is 24.3 Å². The minimum absolute atomic E-state index is 0.0239. The number of halogens is 6. The Morgan fingerprint density at radius 1 is 0.625 bits per heavy atom. The van der Waals surface area contributed by atoms with E-state index < -0.39 is 60.1 Å². The van der Waals surface area contributed by atoms with E-state index in [0.717, 1.165) is 24.3 Å². The fourth-order valence-electron chi connectivity index (χ4n) is 4.39. The number of benzene rings is 2. The number of esters is 2. The molecule has 0 bridgehead atoms. The van der Waals surface area contributed by atoms with Gasteiger partial charge in [0.15, 0.2) is 12.5 Å². The average molecular weight is 717 g/mol. The topological polar surface area (TPSA) is 95.1 Å². The maximum atomic E-state index is 13.0. The van der Waals surface area contributed by atoms with Crippen LogP contribution in [0.4, 0.5) is 26.3 Å². The van der Waals surface area contributed by atoms with Crippen LogP contribution in [0.15, 0.2) is 82.2 Å². The monoisotopic (exact) mass is 716 g/mol. The lowest BCUT2D eigenvalue weighted by atomic mass is 10.1. The van der Waals surface area contributed by atoms with E-state index >= 15 is 0 Å². The lowest BCUT2D eigenvalue weighted by Crippen LogP contribution is -2.40. The molecule has 4 unspecified atom stereocenters. The van der Waals surface area contributed by atoms with Crippen molar-refractivity contribution in [1.82, 2.24) is 10.6 Å². The van der Waals surface area contributed by atoms with Crippen LogP contribution in [0.2, 0.25) is 0 Å². The van der Waals surface area contributed by atoms with Gasteiger partial charge in [0.05, 0.1) is 11.1 Å². The number of nitrogens with one attached hydrogen (secondary N) is 2. The number of thiophene rings is 2. The molecule has 0 fully saturated rings. The van der Waals surface area contributed by atoms with Crippen molar-refractivity contribution in [3.8, 4) is 11.5 Å². The van der Waals surface area contributed by atoms with Crippen LogP contribution in [-0.2, 0) is 31.4 Å². The molecule has 2 aromatic heterocycles. The molecule has 4 rings (SSSR count). The minimum atomic E-state index is -4.51. The van der Waals surface area contributed by atoms with E-state index in [1.165, 1.54) is 61.0 Å². The molecule has 2 N–H and O–H groups in total. The molecule has 0 aliphatic carbocycles.